The van der Waals surface area contributed by atoms with Crippen LogP contribution in [-0.2, 0) is 10.1 Å². The van der Waals surface area contributed by atoms with Gasteiger partial charge < -0.3 is 29.9 Å². The Morgan fingerprint density at radius 1 is 0.735 bits per heavy atom. The van der Waals surface area contributed by atoms with Crippen LogP contribution in [0.2, 0.25) is 0 Å². The highest BCUT2D eigenvalue weighted by molar-refractivity contribution is 7.99. The molecule has 3 N–H and O–H groups in total. The summed E-state index contributed by atoms with van der Waals surface area (Å²) in [7, 11) is -1.21. The van der Waals surface area contributed by atoms with Crippen molar-refractivity contribution < 1.29 is 22.4 Å². The number of hydrogen-bond donors (Lipinski definition) is 4. The summed E-state index contributed by atoms with van der Waals surface area (Å²) in [6.45, 7) is 14.8. The predicted octanol–water partition coefficient (Wildman–Crippen LogP) is 13.8. The van der Waals surface area contributed by atoms with E-state index in [1.54, 1.807) is 39.0 Å². The number of nitrogens with one attached hydrogen (secondary N) is 2. The largest absolute Gasteiger partial charge is 0.494 e. The number of thiol groups is 1. The van der Waals surface area contributed by atoms with Crippen molar-refractivity contribution in [2.24, 2.45) is 20.5 Å². The van der Waals surface area contributed by atoms with Gasteiger partial charge in [-0.2, -0.15) is 32.1 Å². The molecule has 5 aromatic heterocycles. The number of hydrogen-bond acceptors (Lipinski definition) is 23. The number of methoxy groups -OCH3 is 2. The molecule has 5 heterocycles. The molecule has 18 nitrogen and oxygen atoms in total. The van der Waals surface area contributed by atoms with Gasteiger partial charge >= 0.3 is 10.1 Å². The maximum Gasteiger partial charge on any atom is 0.304 e. The number of ether oxygens (including phenoxy) is 2. The van der Waals surface area contributed by atoms with Gasteiger partial charge in [-0.05, 0) is 101 Å². The number of thioether (sulfide) groups is 1. The Kier molecular flexibility index (Phi) is 15.7. The van der Waals surface area contributed by atoms with Crippen LogP contribution >= 0.6 is 70.1 Å². The average Bonchev–Trinajstić information content (AvgIpc) is 4.08. The summed E-state index contributed by atoms with van der Waals surface area (Å²) in [5, 5.41) is 29.2. The number of rotatable bonds is 19. The van der Waals surface area contributed by atoms with Crippen molar-refractivity contribution in [2.75, 3.05) is 60.8 Å². The summed E-state index contributed by atoms with van der Waals surface area (Å²) in [5.74, 6) is 1.73. The third-order valence-electron chi connectivity index (χ3n) is 11.5. The van der Waals surface area contributed by atoms with Crippen molar-refractivity contribution in [1.82, 2.24) is 23.7 Å². The topological polar surface area (TPSA) is 217 Å². The Hall–Kier alpha value is -4.76. The monoisotopic (exact) mass is 1050 g/mol. The van der Waals surface area contributed by atoms with Gasteiger partial charge in [0.1, 0.15) is 32.5 Å². The zero-order chi connectivity index (χ0) is 48.3. The SMILES string of the molecule is CCN(CC)c1cc(Nc2nc(Nc3cc(N(CC)CC)c(OC)cc3N=Nc3snc4sc(S(=O)(=O)O)c(C)c34)nc(SC3CCCCC3)n2)c(N=Nc2snc3sc(S)c(C)c23)cc1OC. The smallest absolute Gasteiger partial charge is 0.304 e. The first-order valence-electron chi connectivity index (χ1n) is 21.9. The molecular formula is C43H51N13O5S7. The van der Waals surface area contributed by atoms with E-state index in [2.05, 4.69) is 74.6 Å². The number of nitrogens with zero attached hydrogens (tertiary/aromatic N) is 11. The summed E-state index contributed by atoms with van der Waals surface area (Å²) in [6.07, 6.45) is 5.59. The highest BCUT2D eigenvalue weighted by Gasteiger charge is 2.25. The van der Waals surface area contributed by atoms with Crippen LogP contribution in [0, 0.1) is 13.8 Å². The molecule has 0 bridgehead atoms. The van der Waals surface area contributed by atoms with Crippen molar-refractivity contribution in [2.45, 2.75) is 92.5 Å². The molecule has 1 aliphatic rings. The lowest BCUT2D eigenvalue weighted by atomic mass is 10.0. The Morgan fingerprint density at radius 3 is 1.69 bits per heavy atom. The van der Waals surface area contributed by atoms with Crippen molar-refractivity contribution in [3.8, 4) is 11.5 Å². The number of azo groups is 2. The molecule has 68 heavy (non-hydrogen) atoms. The summed E-state index contributed by atoms with van der Waals surface area (Å²) in [6, 6.07) is 7.56. The first-order chi connectivity index (χ1) is 32.8. The molecule has 1 aliphatic carbocycles. The molecule has 1 saturated carbocycles. The predicted molar refractivity (Wildman–Crippen MR) is 282 cm³/mol. The molecule has 7 aromatic rings. The lowest BCUT2D eigenvalue weighted by Gasteiger charge is -2.25. The molecule has 0 unspecified atom stereocenters. The Bertz CT molecular complexity index is 3120. The van der Waals surface area contributed by atoms with Gasteiger partial charge in [-0.3, -0.25) is 4.55 Å². The molecule has 8 rings (SSSR count). The van der Waals surface area contributed by atoms with E-state index in [0.29, 0.717) is 83.5 Å². The van der Waals surface area contributed by atoms with Gasteiger partial charge in [0.05, 0.1) is 52.0 Å². The summed E-state index contributed by atoms with van der Waals surface area (Å²) < 4.78 is 55.8. The molecule has 1 fully saturated rings. The highest BCUT2D eigenvalue weighted by Crippen LogP contribution is 2.47. The van der Waals surface area contributed by atoms with E-state index in [0.717, 1.165) is 93.0 Å². The average molecular weight is 1050 g/mol. The first-order valence-corrected chi connectivity index (χ1v) is 27.9. The van der Waals surface area contributed by atoms with Gasteiger partial charge in [0.15, 0.2) is 19.4 Å². The molecule has 0 saturated heterocycles. The van der Waals surface area contributed by atoms with Crippen LogP contribution in [0.1, 0.15) is 70.9 Å². The maximum absolute atomic E-state index is 12.2. The van der Waals surface area contributed by atoms with Crippen molar-refractivity contribution in [1.29, 1.82) is 0 Å². The van der Waals surface area contributed by atoms with Crippen LogP contribution in [0.25, 0.3) is 20.4 Å². The fourth-order valence-electron chi connectivity index (χ4n) is 7.96. The molecule has 360 valence electrons. The van der Waals surface area contributed by atoms with E-state index < -0.39 is 10.1 Å². The fourth-order valence-corrected chi connectivity index (χ4v) is 14.2. The first kappa shape index (κ1) is 49.7. The second-order valence-electron chi connectivity index (χ2n) is 15.6. The normalized spacial score (nSPS) is 13.7. The van der Waals surface area contributed by atoms with Gasteiger partial charge in [-0.25, -0.2) is 0 Å². The van der Waals surface area contributed by atoms with E-state index in [4.69, 9.17) is 39.8 Å². The third kappa shape index (κ3) is 10.5. The summed E-state index contributed by atoms with van der Waals surface area (Å²) >= 11 is 11.0. The van der Waals surface area contributed by atoms with E-state index in [1.165, 1.54) is 29.3 Å². The molecule has 0 spiro atoms. The van der Waals surface area contributed by atoms with Crippen LogP contribution < -0.4 is 29.9 Å². The zero-order valence-corrected chi connectivity index (χ0v) is 44.4. The lowest BCUT2D eigenvalue weighted by Crippen LogP contribution is -2.22. The maximum atomic E-state index is 12.2. The molecule has 2 aromatic carbocycles. The Balaban J connectivity index is 1.24. The van der Waals surface area contributed by atoms with Gasteiger partial charge in [0.2, 0.25) is 11.9 Å². The van der Waals surface area contributed by atoms with Crippen molar-refractivity contribution in [3.63, 3.8) is 0 Å². The van der Waals surface area contributed by atoms with Crippen LogP contribution in [0.5, 0.6) is 11.5 Å². The van der Waals surface area contributed by atoms with Gasteiger partial charge in [-0.1, -0.05) is 42.4 Å². The highest BCUT2D eigenvalue weighted by atomic mass is 32.3. The lowest BCUT2D eigenvalue weighted by molar-refractivity contribution is 0.414. The molecule has 0 atom stereocenters. The molecule has 0 amide bonds. The van der Waals surface area contributed by atoms with E-state index in [1.807, 2.05) is 25.1 Å². The molecule has 25 heteroatoms. The van der Waals surface area contributed by atoms with Crippen LogP contribution in [0.3, 0.4) is 0 Å². The van der Waals surface area contributed by atoms with Crippen LogP contribution in [0.15, 0.2) is 58.3 Å². The number of aryl methyl sites for hydroxylation is 2. The summed E-state index contributed by atoms with van der Waals surface area (Å²) in [5.41, 5.74) is 5.05. The summed E-state index contributed by atoms with van der Waals surface area (Å²) in [4.78, 5) is 20.6. The van der Waals surface area contributed by atoms with E-state index in [9.17, 15) is 13.0 Å². The zero-order valence-electron chi connectivity index (χ0n) is 38.6. The van der Waals surface area contributed by atoms with Gasteiger partial charge in [0, 0.05) is 43.6 Å². The minimum atomic E-state index is -4.46. The number of fused-ring (bicyclic) bond motifs is 2. The Morgan fingerprint density at radius 2 is 1.22 bits per heavy atom. The second-order valence-corrected chi connectivity index (χ2v) is 22.7. The minimum absolute atomic E-state index is 0.177. The molecule has 0 aliphatic heterocycles. The standard InChI is InChI=1S/C43H51N13O5S7/c1-9-55(10-2)29-18-25(27(20-31(29)60-7)49-51-35-33-22(5)39(62)64-37(33)53-66-35)44-41-46-42(48-43(47-41)63-24-16-14-13-15-17-24)45-26-19-30(56(11-3)12-4)32(61-8)21-28(26)50-52-36-34-23(6)40(68(57,58)59)65-38(34)54-67-36/h18-21,24,62H,9-17H2,1-8H3,(H,57,58,59)(H2,44,45,46,47,48). The third-order valence-corrected chi connectivity index (χ3v) is 18.6. The van der Waals surface area contributed by atoms with E-state index >= 15 is 0 Å². The second kappa shape index (κ2) is 21.5. The van der Waals surface area contributed by atoms with Gasteiger partial charge in [-0.15, -0.1) is 44.4 Å². The van der Waals surface area contributed by atoms with Crippen LogP contribution in [-0.4, -0.2) is 82.3 Å². The van der Waals surface area contributed by atoms with E-state index in [-0.39, 0.29) is 16.1 Å². The molecular weight excluding hydrogens is 1000 g/mol. The quantitative estimate of drug-likeness (QED) is 0.0336. The number of anilines is 6. The number of thiophene rings is 2. The van der Waals surface area contributed by atoms with Crippen molar-refractivity contribution in [3.05, 3.63) is 35.4 Å². The minimum Gasteiger partial charge on any atom is -0.494 e. The molecule has 0 radical (unpaired) electrons. The Labute approximate surface area is 420 Å². The fraction of sp³-hybridized carbons (Fsp3) is 0.419. The van der Waals surface area contributed by atoms with Gasteiger partial charge in [0.25, 0.3) is 0 Å². The number of aromatic nitrogens is 5. The van der Waals surface area contributed by atoms with Crippen molar-refractivity contribution >= 4 is 157 Å². The van der Waals surface area contributed by atoms with Crippen LogP contribution in [0.4, 0.5) is 56.0 Å². The number of benzene rings is 2.